The van der Waals surface area contributed by atoms with Crippen LogP contribution < -0.4 is 0 Å². The molecule has 1 aromatic carbocycles. The van der Waals surface area contributed by atoms with Gasteiger partial charge in [0.15, 0.2) is 0 Å². The van der Waals surface area contributed by atoms with Gasteiger partial charge in [-0.05, 0) is 29.0 Å². The molecule has 1 aliphatic carbocycles. The molecule has 0 unspecified atom stereocenters. The van der Waals surface area contributed by atoms with Gasteiger partial charge in [-0.2, -0.15) is 0 Å². The molecule has 0 fully saturated rings. The molecule has 1 aromatic rings. The minimum atomic E-state index is -1.06. The van der Waals surface area contributed by atoms with Crippen LogP contribution >= 0.6 is 0 Å². The molecule has 0 atom stereocenters. The van der Waals surface area contributed by atoms with Crippen molar-refractivity contribution in [1.29, 1.82) is 0 Å². The fourth-order valence-electron chi connectivity index (χ4n) is 2.37. The van der Waals surface area contributed by atoms with Crippen LogP contribution in [0, 0.1) is 5.41 Å². The Hall–Kier alpha value is -2.36. The quantitative estimate of drug-likeness (QED) is 0.886. The molecule has 0 amide bonds. The Morgan fingerprint density at radius 2 is 1.75 bits per heavy atom. The van der Waals surface area contributed by atoms with Crippen molar-refractivity contribution in [2.45, 2.75) is 20.3 Å². The third-order valence-corrected chi connectivity index (χ3v) is 3.36. The highest BCUT2D eigenvalue weighted by atomic mass is 16.4. The van der Waals surface area contributed by atoms with Gasteiger partial charge >= 0.3 is 11.9 Å². The zero-order valence-electron chi connectivity index (χ0n) is 11.4. The van der Waals surface area contributed by atoms with Crippen LogP contribution in [0.5, 0.6) is 0 Å². The molecule has 104 valence electrons. The smallest absolute Gasteiger partial charge is 0.336 e. The fraction of sp³-hybridized carbons (Fsp3) is 0.250. The third-order valence-electron chi connectivity index (χ3n) is 3.36. The lowest BCUT2D eigenvalue weighted by Gasteiger charge is -2.26. The van der Waals surface area contributed by atoms with Crippen molar-refractivity contribution in [2.24, 2.45) is 5.41 Å². The van der Waals surface area contributed by atoms with Crippen molar-refractivity contribution >= 4 is 17.5 Å². The predicted octanol–water partition coefficient (Wildman–Crippen LogP) is 3.21. The molecule has 20 heavy (non-hydrogen) atoms. The number of aliphatic carboxylic acids is 1. The van der Waals surface area contributed by atoms with Crippen LogP contribution in [0.3, 0.4) is 0 Å². The van der Waals surface area contributed by atoms with Gasteiger partial charge in [-0.15, -0.1) is 0 Å². The molecule has 0 heterocycles. The molecular formula is C16H16O4. The Labute approximate surface area is 117 Å². The summed E-state index contributed by atoms with van der Waals surface area (Å²) < 4.78 is 0. The van der Waals surface area contributed by atoms with E-state index in [0.717, 1.165) is 0 Å². The van der Waals surface area contributed by atoms with Crippen LogP contribution in [0.15, 0.2) is 42.0 Å². The van der Waals surface area contributed by atoms with E-state index in [0.29, 0.717) is 17.6 Å². The molecule has 4 nitrogen and oxygen atoms in total. The monoisotopic (exact) mass is 272 g/mol. The second kappa shape index (κ2) is 4.96. The maximum atomic E-state index is 11.5. The van der Waals surface area contributed by atoms with E-state index in [2.05, 4.69) is 0 Å². The molecule has 0 saturated heterocycles. The van der Waals surface area contributed by atoms with E-state index in [1.165, 1.54) is 6.07 Å². The largest absolute Gasteiger partial charge is 0.478 e. The Morgan fingerprint density at radius 3 is 2.35 bits per heavy atom. The van der Waals surface area contributed by atoms with E-state index in [1.807, 2.05) is 19.9 Å². The zero-order valence-corrected chi connectivity index (χ0v) is 11.4. The fourth-order valence-corrected chi connectivity index (χ4v) is 2.37. The molecule has 0 bridgehead atoms. The zero-order chi connectivity index (χ0) is 14.9. The summed E-state index contributed by atoms with van der Waals surface area (Å²) in [5.74, 6) is -2.06. The highest BCUT2D eigenvalue weighted by molar-refractivity contribution is 6.04. The number of carboxylic acids is 2. The summed E-state index contributed by atoms with van der Waals surface area (Å²) in [6, 6.07) is 6.47. The number of carboxylic acid groups (broad SMARTS) is 2. The van der Waals surface area contributed by atoms with Crippen molar-refractivity contribution in [1.82, 2.24) is 0 Å². The van der Waals surface area contributed by atoms with Crippen LogP contribution in [0.4, 0.5) is 0 Å². The number of benzene rings is 1. The Balaban J connectivity index is 2.64. The van der Waals surface area contributed by atoms with E-state index in [4.69, 9.17) is 0 Å². The van der Waals surface area contributed by atoms with Crippen LogP contribution in [0.1, 0.15) is 36.2 Å². The van der Waals surface area contributed by atoms with Crippen molar-refractivity contribution < 1.29 is 19.8 Å². The number of carbonyl (C=O) groups is 2. The maximum Gasteiger partial charge on any atom is 0.336 e. The lowest BCUT2D eigenvalue weighted by Crippen LogP contribution is -2.18. The maximum absolute atomic E-state index is 11.5. The summed E-state index contributed by atoms with van der Waals surface area (Å²) in [5, 5.41) is 18.6. The van der Waals surface area contributed by atoms with Gasteiger partial charge in [0.25, 0.3) is 0 Å². The first kappa shape index (κ1) is 14.1. The number of allylic oxidation sites excluding steroid dienone is 3. The highest BCUT2D eigenvalue weighted by Gasteiger charge is 2.28. The normalized spacial score (nSPS) is 17.1. The van der Waals surface area contributed by atoms with E-state index >= 15 is 0 Å². The van der Waals surface area contributed by atoms with Gasteiger partial charge in [0.2, 0.25) is 0 Å². The number of hydrogen-bond donors (Lipinski definition) is 2. The van der Waals surface area contributed by atoms with Crippen molar-refractivity contribution in [3.63, 3.8) is 0 Å². The molecule has 4 heteroatoms. The van der Waals surface area contributed by atoms with Crippen molar-refractivity contribution in [3.8, 4) is 0 Å². The number of rotatable bonds is 3. The molecule has 0 radical (unpaired) electrons. The molecule has 2 rings (SSSR count). The molecule has 2 N–H and O–H groups in total. The minimum Gasteiger partial charge on any atom is -0.478 e. The molecule has 1 aliphatic rings. The van der Waals surface area contributed by atoms with Crippen LogP contribution in [-0.4, -0.2) is 22.2 Å². The Kier molecular flexibility index (Phi) is 3.49. The van der Waals surface area contributed by atoms with E-state index < -0.39 is 11.9 Å². The van der Waals surface area contributed by atoms with E-state index in [-0.39, 0.29) is 16.6 Å². The first-order chi connectivity index (χ1) is 9.32. The third kappa shape index (κ3) is 2.64. The van der Waals surface area contributed by atoms with Gasteiger partial charge in [-0.1, -0.05) is 44.2 Å². The standard InChI is InChI=1S/C16H16O4/c1-16(2)8-7-11(13(9-16)15(19)20)10-5-3-4-6-12(10)14(17)18/h3-8H,9H2,1-2H3,(H,17,18)(H,19,20). The van der Waals surface area contributed by atoms with Crippen molar-refractivity contribution in [3.05, 3.63) is 53.1 Å². The molecular weight excluding hydrogens is 256 g/mol. The first-order valence-corrected chi connectivity index (χ1v) is 6.30. The van der Waals surface area contributed by atoms with E-state index in [1.54, 1.807) is 24.3 Å². The van der Waals surface area contributed by atoms with E-state index in [9.17, 15) is 19.8 Å². The van der Waals surface area contributed by atoms with Crippen LogP contribution in [-0.2, 0) is 4.79 Å². The second-order valence-electron chi connectivity index (χ2n) is 5.55. The van der Waals surface area contributed by atoms with Crippen LogP contribution in [0.25, 0.3) is 5.57 Å². The summed E-state index contributed by atoms with van der Waals surface area (Å²) in [6.07, 6.45) is 4.02. The summed E-state index contributed by atoms with van der Waals surface area (Å²) in [6.45, 7) is 3.90. The molecule has 0 aromatic heterocycles. The molecule has 0 spiro atoms. The lowest BCUT2D eigenvalue weighted by molar-refractivity contribution is -0.132. The Morgan fingerprint density at radius 1 is 1.10 bits per heavy atom. The first-order valence-electron chi connectivity index (χ1n) is 6.30. The second-order valence-corrected chi connectivity index (χ2v) is 5.55. The van der Waals surface area contributed by atoms with Gasteiger partial charge < -0.3 is 10.2 Å². The predicted molar refractivity (Wildman–Crippen MR) is 75.5 cm³/mol. The number of aromatic carboxylic acids is 1. The highest BCUT2D eigenvalue weighted by Crippen LogP contribution is 2.38. The topological polar surface area (TPSA) is 74.6 Å². The van der Waals surface area contributed by atoms with Gasteiger partial charge in [0.05, 0.1) is 5.56 Å². The summed E-state index contributed by atoms with van der Waals surface area (Å²) >= 11 is 0. The Bertz CT molecular complexity index is 636. The van der Waals surface area contributed by atoms with Gasteiger partial charge in [0.1, 0.15) is 0 Å². The average Bonchev–Trinajstić information content (AvgIpc) is 2.37. The summed E-state index contributed by atoms with van der Waals surface area (Å²) in [7, 11) is 0. The SMILES string of the molecule is CC1(C)C=CC(c2ccccc2C(=O)O)=C(C(=O)O)C1. The van der Waals surface area contributed by atoms with Gasteiger partial charge in [0, 0.05) is 5.57 Å². The lowest BCUT2D eigenvalue weighted by atomic mass is 9.77. The minimum absolute atomic E-state index is 0.116. The average molecular weight is 272 g/mol. The number of hydrogen-bond acceptors (Lipinski definition) is 2. The summed E-state index contributed by atoms with van der Waals surface area (Å²) in [4.78, 5) is 22.7. The van der Waals surface area contributed by atoms with Gasteiger partial charge in [-0.3, -0.25) is 0 Å². The summed E-state index contributed by atoms with van der Waals surface area (Å²) in [5.41, 5.74) is 1.06. The van der Waals surface area contributed by atoms with Gasteiger partial charge in [-0.25, -0.2) is 9.59 Å². The molecule has 0 aliphatic heterocycles. The molecule has 0 saturated carbocycles. The van der Waals surface area contributed by atoms with Crippen molar-refractivity contribution in [2.75, 3.05) is 0 Å². The van der Waals surface area contributed by atoms with Crippen LogP contribution in [0.2, 0.25) is 0 Å².